The fourth-order valence-corrected chi connectivity index (χ4v) is 2.27. The molecule has 0 aliphatic rings. The van der Waals surface area contributed by atoms with Gasteiger partial charge in [0, 0.05) is 16.4 Å². The Kier molecular flexibility index (Phi) is 6.19. The third-order valence-electron chi connectivity index (χ3n) is 3.50. The normalized spacial score (nSPS) is 10.1. The largest absolute Gasteiger partial charge is 0.465 e. The molecule has 0 aliphatic heterocycles. The van der Waals surface area contributed by atoms with Gasteiger partial charge in [-0.15, -0.1) is 0 Å². The first-order chi connectivity index (χ1) is 12.3. The second kappa shape index (κ2) is 8.35. The number of hydrogen-bond acceptors (Lipinski definition) is 6. The van der Waals surface area contributed by atoms with Gasteiger partial charge in [0.1, 0.15) is 0 Å². The topological polar surface area (TPSA) is 108 Å². The predicted molar refractivity (Wildman–Crippen MR) is 97.3 cm³/mol. The molecule has 0 saturated heterocycles. The van der Waals surface area contributed by atoms with E-state index in [4.69, 9.17) is 22.1 Å². The van der Waals surface area contributed by atoms with Gasteiger partial charge in [0.15, 0.2) is 6.61 Å². The second-order valence-electron chi connectivity index (χ2n) is 5.38. The molecule has 8 heteroatoms. The van der Waals surface area contributed by atoms with E-state index in [0.717, 1.165) is 5.56 Å². The summed E-state index contributed by atoms with van der Waals surface area (Å²) in [5.41, 5.74) is 7.40. The van der Waals surface area contributed by atoms with E-state index < -0.39 is 24.5 Å². The lowest BCUT2D eigenvalue weighted by Gasteiger charge is -2.11. The number of carbonyl (C=O) groups is 3. The first-order valence-corrected chi connectivity index (χ1v) is 7.90. The van der Waals surface area contributed by atoms with Crippen molar-refractivity contribution in [3.05, 3.63) is 58.1 Å². The average molecular weight is 377 g/mol. The quantitative estimate of drug-likeness (QED) is 0.613. The van der Waals surface area contributed by atoms with Crippen LogP contribution in [-0.4, -0.2) is 31.6 Å². The van der Waals surface area contributed by atoms with Crippen LogP contribution in [0.15, 0.2) is 36.4 Å². The summed E-state index contributed by atoms with van der Waals surface area (Å²) >= 11 is 5.82. The minimum absolute atomic E-state index is 0.0779. The molecule has 0 saturated carbocycles. The molecule has 0 bridgehead atoms. The number of carbonyl (C=O) groups excluding carboxylic acids is 3. The monoisotopic (exact) mass is 376 g/mol. The Labute approximate surface area is 155 Å². The Morgan fingerprint density at radius 1 is 1.12 bits per heavy atom. The van der Waals surface area contributed by atoms with Crippen LogP contribution in [-0.2, 0) is 14.3 Å². The zero-order chi connectivity index (χ0) is 19.3. The molecule has 26 heavy (non-hydrogen) atoms. The molecular weight excluding hydrogens is 360 g/mol. The number of halogens is 1. The molecule has 0 atom stereocenters. The van der Waals surface area contributed by atoms with Crippen molar-refractivity contribution in [2.75, 3.05) is 24.8 Å². The maximum absolute atomic E-state index is 12.0. The highest BCUT2D eigenvalue weighted by molar-refractivity contribution is 6.31. The third kappa shape index (κ3) is 4.73. The predicted octanol–water partition coefficient (Wildman–Crippen LogP) is 2.81. The Hall–Kier alpha value is -3.06. The van der Waals surface area contributed by atoms with Gasteiger partial charge in [-0.3, -0.25) is 4.79 Å². The third-order valence-corrected chi connectivity index (χ3v) is 3.74. The van der Waals surface area contributed by atoms with Crippen LogP contribution in [0.1, 0.15) is 26.3 Å². The van der Waals surface area contributed by atoms with E-state index >= 15 is 0 Å². The highest BCUT2D eigenvalue weighted by atomic mass is 35.5. The minimum atomic E-state index is -0.764. The highest BCUT2D eigenvalue weighted by Gasteiger charge is 2.15. The smallest absolute Gasteiger partial charge is 0.340 e. The van der Waals surface area contributed by atoms with Gasteiger partial charge in [-0.2, -0.15) is 0 Å². The van der Waals surface area contributed by atoms with Crippen LogP contribution in [0.3, 0.4) is 0 Å². The van der Waals surface area contributed by atoms with E-state index in [0.29, 0.717) is 10.7 Å². The molecule has 2 rings (SSSR count). The lowest BCUT2D eigenvalue weighted by molar-refractivity contribution is -0.119. The zero-order valence-electron chi connectivity index (χ0n) is 14.2. The van der Waals surface area contributed by atoms with Crippen LogP contribution in [0.2, 0.25) is 5.02 Å². The number of nitrogens with two attached hydrogens (primary N) is 1. The first-order valence-electron chi connectivity index (χ1n) is 7.52. The van der Waals surface area contributed by atoms with Crippen molar-refractivity contribution < 1.29 is 23.9 Å². The van der Waals surface area contributed by atoms with Crippen LogP contribution in [0.4, 0.5) is 11.4 Å². The van der Waals surface area contributed by atoms with Crippen molar-refractivity contribution in [1.29, 1.82) is 0 Å². The van der Waals surface area contributed by atoms with Gasteiger partial charge >= 0.3 is 11.9 Å². The summed E-state index contributed by atoms with van der Waals surface area (Å²) in [5.74, 6) is -1.85. The number of hydrogen-bond donors (Lipinski definition) is 2. The Morgan fingerprint density at radius 3 is 2.54 bits per heavy atom. The second-order valence-corrected chi connectivity index (χ2v) is 5.81. The molecule has 3 N–H and O–H groups in total. The van der Waals surface area contributed by atoms with Gasteiger partial charge in [-0.25, -0.2) is 9.59 Å². The standard InChI is InChI=1S/C18H17ClN2O5/c1-10-3-4-11(17(23)25-2)7-15(10)21-16(22)9-26-18(24)13-8-12(19)5-6-14(13)20/h3-8H,9,20H2,1-2H3,(H,21,22). The first kappa shape index (κ1) is 19.3. The lowest BCUT2D eigenvalue weighted by Crippen LogP contribution is -2.22. The summed E-state index contributed by atoms with van der Waals surface area (Å²) in [4.78, 5) is 35.6. The van der Waals surface area contributed by atoms with E-state index in [1.807, 2.05) is 0 Å². The number of benzene rings is 2. The van der Waals surface area contributed by atoms with E-state index in [9.17, 15) is 14.4 Å². The summed E-state index contributed by atoms with van der Waals surface area (Å²) in [7, 11) is 1.27. The molecule has 0 fully saturated rings. The van der Waals surface area contributed by atoms with Crippen molar-refractivity contribution in [3.8, 4) is 0 Å². The Morgan fingerprint density at radius 2 is 1.85 bits per heavy atom. The van der Waals surface area contributed by atoms with Crippen LogP contribution in [0.25, 0.3) is 0 Å². The summed E-state index contributed by atoms with van der Waals surface area (Å²) in [5, 5.41) is 2.91. The molecule has 7 nitrogen and oxygen atoms in total. The van der Waals surface area contributed by atoms with Crippen molar-refractivity contribution >= 4 is 40.8 Å². The Bertz CT molecular complexity index is 867. The number of rotatable bonds is 5. The van der Waals surface area contributed by atoms with Crippen LogP contribution < -0.4 is 11.1 Å². The van der Waals surface area contributed by atoms with Crippen molar-refractivity contribution in [3.63, 3.8) is 0 Å². The number of methoxy groups -OCH3 is 1. The molecule has 0 unspecified atom stereocenters. The van der Waals surface area contributed by atoms with Gasteiger partial charge in [0.2, 0.25) is 0 Å². The maximum Gasteiger partial charge on any atom is 0.340 e. The van der Waals surface area contributed by atoms with Crippen LogP contribution in [0, 0.1) is 6.92 Å². The van der Waals surface area contributed by atoms with Gasteiger partial charge in [0.25, 0.3) is 5.91 Å². The molecule has 2 aromatic carbocycles. The van der Waals surface area contributed by atoms with Gasteiger partial charge in [-0.05, 0) is 42.8 Å². The maximum atomic E-state index is 12.0. The summed E-state index contributed by atoms with van der Waals surface area (Å²) in [6, 6.07) is 9.11. The summed E-state index contributed by atoms with van der Waals surface area (Å²) in [6.45, 7) is 1.24. The number of nitrogen functional groups attached to an aromatic ring is 1. The molecule has 0 aromatic heterocycles. The van der Waals surface area contributed by atoms with Gasteiger partial charge in [-0.1, -0.05) is 17.7 Å². The highest BCUT2D eigenvalue weighted by Crippen LogP contribution is 2.19. The SMILES string of the molecule is COC(=O)c1ccc(C)c(NC(=O)COC(=O)c2cc(Cl)ccc2N)c1. The molecular formula is C18H17ClN2O5. The minimum Gasteiger partial charge on any atom is -0.465 e. The number of ether oxygens (including phenoxy) is 2. The number of amides is 1. The van der Waals surface area contributed by atoms with Gasteiger partial charge in [0.05, 0.1) is 18.2 Å². The fraction of sp³-hybridized carbons (Fsp3) is 0.167. The number of anilines is 2. The van der Waals surface area contributed by atoms with E-state index in [1.54, 1.807) is 19.1 Å². The van der Waals surface area contributed by atoms with Crippen LogP contribution in [0.5, 0.6) is 0 Å². The Balaban J connectivity index is 2.02. The molecule has 0 radical (unpaired) electrons. The van der Waals surface area contributed by atoms with E-state index in [-0.39, 0.29) is 16.8 Å². The van der Waals surface area contributed by atoms with Crippen molar-refractivity contribution in [1.82, 2.24) is 0 Å². The summed E-state index contributed by atoms with van der Waals surface area (Å²) < 4.78 is 9.60. The number of aryl methyl sites for hydroxylation is 1. The van der Waals surface area contributed by atoms with Crippen molar-refractivity contribution in [2.24, 2.45) is 0 Å². The van der Waals surface area contributed by atoms with Gasteiger partial charge < -0.3 is 20.5 Å². The lowest BCUT2D eigenvalue weighted by atomic mass is 10.1. The molecule has 0 aliphatic carbocycles. The zero-order valence-corrected chi connectivity index (χ0v) is 14.9. The number of nitrogens with one attached hydrogen (secondary N) is 1. The summed E-state index contributed by atoms with van der Waals surface area (Å²) in [6.07, 6.45) is 0. The molecule has 2 aromatic rings. The number of esters is 2. The van der Waals surface area contributed by atoms with E-state index in [2.05, 4.69) is 10.1 Å². The average Bonchev–Trinajstić information content (AvgIpc) is 2.62. The fourth-order valence-electron chi connectivity index (χ4n) is 2.10. The van der Waals surface area contributed by atoms with Crippen molar-refractivity contribution in [2.45, 2.75) is 6.92 Å². The molecule has 0 heterocycles. The molecule has 1 amide bonds. The van der Waals surface area contributed by atoms with Crippen LogP contribution >= 0.6 is 11.6 Å². The van der Waals surface area contributed by atoms with E-state index in [1.165, 1.54) is 31.4 Å². The molecule has 136 valence electrons. The molecule has 0 spiro atoms.